The molecule has 0 spiro atoms. The summed E-state index contributed by atoms with van der Waals surface area (Å²) in [6.07, 6.45) is -0.845. The van der Waals surface area contributed by atoms with E-state index in [1.54, 1.807) is 6.20 Å². The van der Waals surface area contributed by atoms with Crippen LogP contribution < -0.4 is 5.32 Å². The van der Waals surface area contributed by atoms with E-state index >= 15 is 0 Å². The van der Waals surface area contributed by atoms with Crippen molar-refractivity contribution in [1.82, 2.24) is 9.55 Å². The molecule has 0 unspecified atom stereocenters. The lowest BCUT2D eigenvalue weighted by Gasteiger charge is -2.10. The van der Waals surface area contributed by atoms with E-state index in [-0.39, 0.29) is 11.8 Å². The second-order valence-corrected chi connectivity index (χ2v) is 6.87. The molecule has 27 heavy (non-hydrogen) atoms. The SMILES string of the molecule is Cc1cn(Cc2ccc(C(F)(F)F)cc2)c2ncc(NC(=O)C(C)C)cc12. The van der Waals surface area contributed by atoms with Gasteiger partial charge in [0.25, 0.3) is 0 Å². The fourth-order valence-electron chi connectivity index (χ4n) is 2.81. The van der Waals surface area contributed by atoms with Crippen LogP contribution in [-0.4, -0.2) is 15.5 Å². The highest BCUT2D eigenvalue weighted by Crippen LogP contribution is 2.29. The van der Waals surface area contributed by atoms with E-state index in [9.17, 15) is 18.0 Å². The lowest BCUT2D eigenvalue weighted by Crippen LogP contribution is -2.17. The number of fused-ring (bicyclic) bond motifs is 1. The standard InChI is InChI=1S/C20H20F3N3O/c1-12(2)19(27)25-16-8-17-13(3)10-26(18(17)24-9-16)11-14-4-6-15(7-5-14)20(21,22)23/h4-10,12H,11H2,1-3H3,(H,25,27). The third-order valence-electron chi connectivity index (χ3n) is 4.34. The average molecular weight is 375 g/mol. The van der Waals surface area contributed by atoms with Gasteiger partial charge in [-0.25, -0.2) is 4.98 Å². The summed E-state index contributed by atoms with van der Waals surface area (Å²) in [5, 5.41) is 3.71. The highest BCUT2D eigenvalue weighted by atomic mass is 19.4. The Morgan fingerprint density at radius 3 is 2.48 bits per heavy atom. The number of amides is 1. The molecule has 142 valence electrons. The van der Waals surface area contributed by atoms with E-state index in [2.05, 4.69) is 10.3 Å². The van der Waals surface area contributed by atoms with Crippen LogP contribution in [0.2, 0.25) is 0 Å². The van der Waals surface area contributed by atoms with Gasteiger partial charge in [0.2, 0.25) is 5.91 Å². The van der Waals surface area contributed by atoms with Gasteiger partial charge in [0.05, 0.1) is 17.4 Å². The lowest BCUT2D eigenvalue weighted by molar-refractivity contribution is -0.137. The fourth-order valence-corrected chi connectivity index (χ4v) is 2.81. The zero-order chi connectivity index (χ0) is 19.8. The molecule has 0 saturated carbocycles. The number of carbonyl (C=O) groups is 1. The van der Waals surface area contributed by atoms with Gasteiger partial charge in [-0.1, -0.05) is 26.0 Å². The number of hydrogen-bond donors (Lipinski definition) is 1. The van der Waals surface area contributed by atoms with Gasteiger partial charge in [0, 0.05) is 24.0 Å². The van der Waals surface area contributed by atoms with E-state index in [0.29, 0.717) is 12.2 Å². The number of aromatic nitrogens is 2. The Morgan fingerprint density at radius 2 is 1.89 bits per heavy atom. The molecule has 0 aliphatic carbocycles. The predicted octanol–water partition coefficient (Wildman–Crippen LogP) is 5.01. The normalized spacial score (nSPS) is 12.0. The number of rotatable bonds is 4. The molecule has 3 aromatic rings. The minimum atomic E-state index is -4.34. The molecule has 1 amide bonds. The minimum absolute atomic E-state index is 0.0852. The molecule has 7 heteroatoms. The first-order valence-corrected chi connectivity index (χ1v) is 8.57. The molecule has 2 heterocycles. The van der Waals surface area contributed by atoms with E-state index < -0.39 is 11.7 Å². The van der Waals surface area contributed by atoms with Gasteiger partial charge in [0.1, 0.15) is 5.65 Å². The van der Waals surface area contributed by atoms with Crippen molar-refractivity contribution in [3.63, 3.8) is 0 Å². The summed E-state index contributed by atoms with van der Waals surface area (Å²) in [5.74, 6) is -0.218. The number of nitrogens with one attached hydrogen (secondary N) is 1. The fraction of sp³-hybridized carbons (Fsp3) is 0.300. The Morgan fingerprint density at radius 1 is 1.22 bits per heavy atom. The first-order valence-electron chi connectivity index (χ1n) is 8.57. The first-order chi connectivity index (χ1) is 12.6. The Hall–Kier alpha value is -2.83. The smallest absolute Gasteiger partial charge is 0.328 e. The van der Waals surface area contributed by atoms with Crippen LogP contribution in [0.1, 0.15) is 30.5 Å². The highest BCUT2D eigenvalue weighted by Gasteiger charge is 2.29. The number of carbonyl (C=O) groups excluding carboxylic acids is 1. The number of alkyl halides is 3. The number of aryl methyl sites for hydroxylation is 1. The molecule has 4 nitrogen and oxygen atoms in total. The monoisotopic (exact) mass is 375 g/mol. The lowest BCUT2D eigenvalue weighted by atomic mass is 10.1. The Bertz CT molecular complexity index is 973. The van der Waals surface area contributed by atoms with Gasteiger partial charge in [-0.2, -0.15) is 13.2 Å². The van der Waals surface area contributed by atoms with E-state index in [4.69, 9.17) is 0 Å². The van der Waals surface area contributed by atoms with Crippen molar-refractivity contribution >= 4 is 22.6 Å². The van der Waals surface area contributed by atoms with Crippen molar-refractivity contribution in [2.24, 2.45) is 5.92 Å². The third kappa shape index (κ3) is 4.13. The maximum atomic E-state index is 12.7. The van der Waals surface area contributed by atoms with Gasteiger partial charge in [0.15, 0.2) is 0 Å². The maximum Gasteiger partial charge on any atom is 0.416 e. The van der Waals surface area contributed by atoms with Crippen molar-refractivity contribution in [2.75, 3.05) is 5.32 Å². The van der Waals surface area contributed by atoms with Gasteiger partial charge >= 0.3 is 6.18 Å². The molecule has 0 bridgehead atoms. The van der Waals surface area contributed by atoms with Crippen molar-refractivity contribution in [3.05, 3.63) is 59.4 Å². The molecule has 0 fully saturated rings. The van der Waals surface area contributed by atoms with E-state index in [0.717, 1.165) is 34.3 Å². The molecule has 1 N–H and O–H groups in total. The number of pyridine rings is 1. The summed E-state index contributed by atoms with van der Waals surface area (Å²) >= 11 is 0. The van der Waals surface area contributed by atoms with Gasteiger partial charge < -0.3 is 9.88 Å². The van der Waals surface area contributed by atoms with E-state index in [1.165, 1.54) is 12.1 Å². The minimum Gasteiger partial charge on any atom is -0.328 e. The molecule has 0 radical (unpaired) electrons. The molecule has 0 saturated heterocycles. The van der Waals surface area contributed by atoms with Crippen LogP contribution in [0.15, 0.2) is 42.7 Å². The van der Waals surface area contributed by atoms with Crippen molar-refractivity contribution in [1.29, 1.82) is 0 Å². The third-order valence-corrected chi connectivity index (χ3v) is 4.34. The van der Waals surface area contributed by atoms with Crippen LogP contribution in [-0.2, 0) is 17.5 Å². The molecule has 0 aliphatic heterocycles. The number of hydrogen-bond acceptors (Lipinski definition) is 2. The Kier molecular flexibility index (Phi) is 4.95. The molecule has 1 aromatic carbocycles. The van der Waals surface area contributed by atoms with Crippen LogP contribution in [0, 0.1) is 12.8 Å². The second-order valence-electron chi connectivity index (χ2n) is 6.87. The Labute approximate surface area is 155 Å². The van der Waals surface area contributed by atoms with Crippen LogP contribution in [0.4, 0.5) is 18.9 Å². The quantitative estimate of drug-likeness (QED) is 0.697. The first kappa shape index (κ1) is 18.9. The van der Waals surface area contributed by atoms with Gasteiger partial charge in [-0.15, -0.1) is 0 Å². The van der Waals surface area contributed by atoms with Crippen LogP contribution in [0.25, 0.3) is 11.0 Å². The predicted molar refractivity (Wildman–Crippen MR) is 98.5 cm³/mol. The highest BCUT2D eigenvalue weighted by molar-refractivity contribution is 5.94. The summed E-state index contributed by atoms with van der Waals surface area (Å²) in [6.45, 7) is 5.97. The number of anilines is 1. The molecule has 2 aromatic heterocycles. The zero-order valence-electron chi connectivity index (χ0n) is 15.3. The van der Waals surface area contributed by atoms with Crippen molar-refractivity contribution in [2.45, 2.75) is 33.5 Å². The van der Waals surface area contributed by atoms with Crippen molar-refractivity contribution in [3.8, 4) is 0 Å². The number of halogens is 3. The molecule has 0 aliphatic rings. The molecular formula is C20H20F3N3O. The van der Waals surface area contributed by atoms with Crippen LogP contribution in [0.5, 0.6) is 0 Å². The zero-order valence-corrected chi connectivity index (χ0v) is 15.3. The molecule has 3 rings (SSSR count). The molecule has 0 atom stereocenters. The maximum absolute atomic E-state index is 12.7. The van der Waals surface area contributed by atoms with Gasteiger partial charge in [-0.05, 0) is 36.2 Å². The van der Waals surface area contributed by atoms with Gasteiger partial charge in [-0.3, -0.25) is 4.79 Å². The number of nitrogens with zero attached hydrogens (tertiary/aromatic N) is 2. The summed E-state index contributed by atoms with van der Waals surface area (Å²) < 4.78 is 40.0. The van der Waals surface area contributed by atoms with Crippen LogP contribution >= 0.6 is 0 Å². The van der Waals surface area contributed by atoms with Crippen LogP contribution in [0.3, 0.4) is 0 Å². The van der Waals surface area contributed by atoms with E-state index in [1.807, 2.05) is 37.6 Å². The topological polar surface area (TPSA) is 46.9 Å². The van der Waals surface area contributed by atoms with Crippen molar-refractivity contribution < 1.29 is 18.0 Å². The summed E-state index contributed by atoms with van der Waals surface area (Å²) in [7, 11) is 0. The number of benzene rings is 1. The average Bonchev–Trinajstić information content (AvgIpc) is 2.90. The Balaban J connectivity index is 1.86. The summed E-state index contributed by atoms with van der Waals surface area (Å²) in [4.78, 5) is 16.3. The summed E-state index contributed by atoms with van der Waals surface area (Å²) in [6, 6.07) is 6.98. The molecular weight excluding hydrogens is 355 g/mol. The second kappa shape index (κ2) is 7.06. The largest absolute Gasteiger partial charge is 0.416 e. The summed E-state index contributed by atoms with van der Waals surface area (Å²) in [5.41, 5.74) is 2.40.